The molecule has 2 fully saturated rings. The number of methoxy groups -OCH3 is 1. The van der Waals surface area contributed by atoms with Crippen LogP contribution < -0.4 is 40.5 Å². The zero-order valence-electron chi connectivity index (χ0n) is 36.0. The van der Waals surface area contributed by atoms with Crippen molar-refractivity contribution in [3.63, 3.8) is 0 Å². The first kappa shape index (κ1) is 44.1. The lowest BCUT2D eigenvalue weighted by Gasteiger charge is -2.18. The summed E-state index contributed by atoms with van der Waals surface area (Å²) >= 11 is 1.44. The van der Waals surface area contributed by atoms with Gasteiger partial charge < -0.3 is 40.2 Å². The van der Waals surface area contributed by atoms with Gasteiger partial charge in [0.25, 0.3) is 11.8 Å². The molecule has 4 aromatic rings. The van der Waals surface area contributed by atoms with Gasteiger partial charge in [0, 0.05) is 6.07 Å². The Morgan fingerprint density at radius 2 is 1.48 bits per heavy atom. The van der Waals surface area contributed by atoms with Gasteiger partial charge in [-0.05, 0) is 117 Å². The second-order valence-electron chi connectivity index (χ2n) is 16.7. The van der Waals surface area contributed by atoms with Crippen molar-refractivity contribution < 1.29 is 38.1 Å². The van der Waals surface area contributed by atoms with Crippen molar-refractivity contribution in [3.05, 3.63) is 76.1 Å². The third kappa shape index (κ3) is 9.78. The molecule has 0 saturated carbocycles. The number of thioether (sulfide) groups is 1. The van der Waals surface area contributed by atoms with Crippen LogP contribution in [0, 0.1) is 34.5 Å². The van der Waals surface area contributed by atoms with Crippen LogP contribution in [0.15, 0.2) is 47.5 Å². The lowest BCUT2D eigenvalue weighted by molar-refractivity contribution is -0.118. The Morgan fingerprint density at radius 1 is 0.803 bits per heavy atom. The van der Waals surface area contributed by atoms with Gasteiger partial charge in [-0.2, -0.15) is 10.5 Å². The van der Waals surface area contributed by atoms with Gasteiger partial charge in [0.15, 0.2) is 18.2 Å². The molecule has 0 spiro atoms. The van der Waals surface area contributed by atoms with Crippen LogP contribution in [0.2, 0.25) is 0 Å². The van der Waals surface area contributed by atoms with E-state index >= 15 is 0 Å². The van der Waals surface area contributed by atoms with Crippen LogP contribution in [0.25, 0.3) is 0 Å². The maximum absolute atomic E-state index is 12.4. The summed E-state index contributed by atoms with van der Waals surface area (Å²) in [5.41, 5.74) is 5.81. The molecule has 20 nitrogen and oxygen atoms in total. The SMILES string of the molecule is COc1cc2c(c(C#N)n1)CC(CNCCC1CN(c3cnc4c(n3)NC(=O)CO4)C(=O)O1)C2.N#Cc1cccc2c1CC(CNCCC1CN(c3ccc4c(n3)NC(=O)CS4)C(=O)O1)C2. The van der Waals surface area contributed by atoms with E-state index in [1.807, 2.05) is 24.3 Å². The molecular weight excluding hydrogens is 869 g/mol. The van der Waals surface area contributed by atoms with Gasteiger partial charge >= 0.3 is 12.2 Å². The normalized spacial score (nSPS) is 21.1. The molecule has 4 amide bonds. The third-order valence-electron chi connectivity index (χ3n) is 12.1. The number of amides is 4. The number of hydrogen-bond donors (Lipinski definition) is 4. The topological polar surface area (TPSA) is 259 Å². The van der Waals surface area contributed by atoms with Gasteiger partial charge in [-0.1, -0.05) is 12.1 Å². The zero-order chi connectivity index (χ0) is 45.7. The molecule has 4 N–H and O–H groups in total. The molecule has 3 aromatic heterocycles. The minimum atomic E-state index is -0.501. The summed E-state index contributed by atoms with van der Waals surface area (Å²) in [6.45, 7) is 3.73. The largest absolute Gasteiger partial charge is 0.481 e. The number of carbonyl (C=O) groups excluding carboxylic acids is 4. The minimum Gasteiger partial charge on any atom is -0.481 e. The monoisotopic (exact) mass is 914 g/mol. The van der Waals surface area contributed by atoms with Crippen molar-refractivity contribution in [2.75, 3.05) is 79.2 Å². The number of nitriles is 2. The van der Waals surface area contributed by atoms with Crippen molar-refractivity contribution in [2.45, 2.75) is 55.6 Å². The van der Waals surface area contributed by atoms with E-state index in [-0.39, 0.29) is 42.3 Å². The molecule has 340 valence electrons. The molecule has 7 heterocycles. The van der Waals surface area contributed by atoms with Crippen LogP contribution in [-0.2, 0) is 44.7 Å². The average Bonchev–Trinajstić information content (AvgIpc) is 4.13. The number of aromatic nitrogens is 4. The average molecular weight is 915 g/mol. The predicted molar refractivity (Wildman–Crippen MR) is 238 cm³/mol. The predicted octanol–water partition coefficient (Wildman–Crippen LogP) is 3.52. The first-order valence-corrected chi connectivity index (χ1v) is 22.7. The van der Waals surface area contributed by atoms with E-state index in [9.17, 15) is 29.7 Å². The maximum Gasteiger partial charge on any atom is 0.415 e. The Bertz CT molecular complexity index is 2660. The van der Waals surface area contributed by atoms with Gasteiger partial charge in [0.2, 0.25) is 11.8 Å². The number of carbonyl (C=O) groups is 4. The fraction of sp³-hybridized carbons (Fsp3) is 0.422. The molecule has 66 heavy (non-hydrogen) atoms. The summed E-state index contributed by atoms with van der Waals surface area (Å²) in [6, 6.07) is 16.0. The summed E-state index contributed by atoms with van der Waals surface area (Å²) in [7, 11) is 1.55. The Balaban J connectivity index is 0.000000166. The standard InChI is InChI=1S/C23H23N5O3S.C22H23N7O5/c24-10-16-3-1-2-15-8-14(9-18(15)16)11-25-7-6-17-12-28(23(30)31-17)20-5-4-19-22(26-20)27-21(29)13-32-19;1-32-19-6-13-4-12(5-15(13)16(7-23)26-19)8-24-3-2-14-10-29(22(31)34-14)17-9-25-21-20(27-17)28-18(30)11-33-21/h1-5,14,17,25H,6-9,11-13H2,(H,26,27,29);6,9,12,14,24H,2-5,8,10-11H2,1H3,(H,27,28,30). The van der Waals surface area contributed by atoms with Crippen LogP contribution in [0.3, 0.4) is 0 Å². The number of cyclic esters (lactones) is 2. The summed E-state index contributed by atoms with van der Waals surface area (Å²) in [5.74, 6) is 2.98. The third-order valence-corrected chi connectivity index (χ3v) is 13.2. The highest BCUT2D eigenvalue weighted by molar-refractivity contribution is 8.00. The van der Waals surface area contributed by atoms with Crippen molar-refractivity contribution in [2.24, 2.45) is 11.8 Å². The van der Waals surface area contributed by atoms with E-state index in [1.165, 1.54) is 38.9 Å². The Labute approximate surface area is 383 Å². The molecule has 4 unspecified atom stereocenters. The zero-order valence-corrected chi connectivity index (χ0v) is 36.8. The molecular formula is C45H46N12O8S. The van der Waals surface area contributed by atoms with Crippen molar-refractivity contribution in [3.8, 4) is 23.9 Å². The Kier molecular flexibility index (Phi) is 13.1. The molecule has 2 aliphatic carbocycles. The molecule has 6 aliphatic rings. The number of benzene rings is 1. The highest BCUT2D eigenvalue weighted by Crippen LogP contribution is 2.34. The Hall–Kier alpha value is -7.07. The first-order valence-electron chi connectivity index (χ1n) is 21.7. The van der Waals surface area contributed by atoms with Crippen LogP contribution in [0.4, 0.5) is 32.9 Å². The smallest absolute Gasteiger partial charge is 0.415 e. The van der Waals surface area contributed by atoms with Gasteiger partial charge in [0.1, 0.15) is 35.6 Å². The van der Waals surface area contributed by atoms with E-state index < -0.39 is 12.2 Å². The van der Waals surface area contributed by atoms with E-state index in [0.29, 0.717) is 79.1 Å². The number of hydrogen-bond acceptors (Lipinski definition) is 17. The van der Waals surface area contributed by atoms with E-state index in [0.717, 1.165) is 66.9 Å². The molecule has 0 radical (unpaired) electrons. The number of nitrogens with zero attached hydrogens (tertiary/aromatic N) is 8. The van der Waals surface area contributed by atoms with Crippen molar-refractivity contribution >= 4 is 59.0 Å². The van der Waals surface area contributed by atoms with Gasteiger partial charge in [-0.15, -0.1) is 11.8 Å². The molecule has 2 saturated heterocycles. The molecule has 21 heteroatoms. The second kappa shape index (κ2) is 19.6. The highest BCUT2D eigenvalue weighted by atomic mass is 32.2. The minimum absolute atomic E-state index is 0.0886. The van der Waals surface area contributed by atoms with Gasteiger partial charge in [0.05, 0.1) is 48.7 Å². The van der Waals surface area contributed by atoms with Crippen molar-refractivity contribution in [1.82, 2.24) is 30.6 Å². The van der Waals surface area contributed by atoms with Crippen LogP contribution in [0.5, 0.6) is 11.8 Å². The number of fused-ring (bicyclic) bond motifs is 4. The fourth-order valence-electron chi connectivity index (χ4n) is 8.96. The van der Waals surface area contributed by atoms with Crippen LogP contribution >= 0.6 is 11.8 Å². The molecule has 0 bridgehead atoms. The molecule has 4 aliphatic heterocycles. The van der Waals surface area contributed by atoms with Crippen LogP contribution in [-0.4, -0.2) is 115 Å². The lowest BCUT2D eigenvalue weighted by atomic mass is 10.0. The van der Waals surface area contributed by atoms with E-state index in [4.69, 9.17) is 18.9 Å². The molecule has 1 aromatic carbocycles. The first-order chi connectivity index (χ1) is 32.1. The molecule has 10 rings (SSSR count). The van der Waals surface area contributed by atoms with Crippen molar-refractivity contribution in [1.29, 1.82) is 10.5 Å². The number of anilines is 4. The summed E-state index contributed by atoms with van der Waals surface area (Å²) in [5, 5.41) is 30.9. The van der Waals surface area contributed by atoms with E-state index in [2.05, 4.69) is 59.4 Å². The fourth-order valence-corrected chi connectivity index (χ4v) is 9.71. The van der Waals surface area contributed by atoms with Gasteiger partial charge in [-0.25, -0.2) is 29.5 Å². The Morgan fingerprint density at radius 3 is 2.20 bits per heavy atom. The number of nitrogens with one attached hydrogen (secondary N) is 4. The summed E-state index contributed by atoms with van der Waals surface area (Å²) in [6.07, 6.45) is 4.94. The lowest BCUT2D eigenvalue weighted by Crippen LogP contribution is -2.30. The number of rotatable bonds is 13. The second-order valence-corrected chi connectivity index (χ2v) is 17.7. The maximum atomic E-state index is 12.4. The van der Waals surface area contributed by atoms with Gasteiger partial charge in [-0.3, -0.25) is 19.4 Å². The summed E-state index contributed by atoms with van der Waals surface area (Å²) < 4.78 is 21.4. The summed E-state index contributed by atoms with van der Waals surface area (Å²) in [4.78, 5) is 68.7. The quantitative estimate of drug-likeness (QED) is 0.140. The number of ether oxygens (including phenoxy) is 4. The van der Waals surface area contributed by atoms with E-state index in [1.54, 1.807) is 13.2 Å². The highest BCUT2D eigenvalue weighted by Gasteiger charge is 2.36. The molecule has 4 atom stereocenters. The van der Waals surface area contributed by atoms with Crippen LogP contribution in [0.1, 0.15) is 46.4 Å². The number of pyridine rings is 2.